The van der Waals surface area contributed by atoms with Crippen LogP contribution in [0.5, 0.6) is 0 Å². The SMILES string of the molecule is Cc1ccccc1CC(=O)NC1(C)CCNCC1.Cl. The highest BCUT2D eigenvalue weighted by Crippen LogP contribution is 2.17. The Morgan fingerprint density at radius 2 is 1.95 bits per heavy atom. The fourth-order valence-corrected chi connectivity index (χ4v) is 2.47. The molecule has 0 aliphatic carbocycles. The van der Waals surface area contributed by atoms with Gasteiger partial charge in [-0.25, -0.2) is 0 Å². The Hall–Kier alpha value is -1.06. The predicted molar refractivity (Wildman–Crippen MR) is 80.8 cm³/mol. The number of carbonyl (C=O) groups excluding carboxylic acids is 1. The summed E-state index contributed by atoms with van der Waals surface area (Å²) in [5.74, 6) is 0.133. The lowest BCUT2D eigenvalue weighted by atomic mass is 9.90. The molecule has 3 nitrogen and oxygen atoms in total. The van der Waals surface area contributed by atoms with Crippen LogP contribution < -0.4 is 10.6 Å². The minimum Gasteiger partial charge on any atom is -0.351 e. The molecule has 0 unspecified atom stereocenters. The maximum Gasteiger partial charge on any atom is 0.224 e. The Morgan fingerprint density at radius 1 is 1.32 bits per heavy atom. The molecule has 1 aromatic rings. The van der Waals surface area contributed by atoms with Gasteiger partial charge < -0.3 is 10.6 Å². The van der Waals surface area contributed by atoms with Crippen molar-refractivity contribution in [2.75, 3.05) is 13.1 Å². The van der Waals surface area contributed by atoms with E-state index in [9.17, 15) is 4.79 Å². The average molecular weight is 283 g/mol. The fourth-order valence-electron chi connectivity index (χ4n) is 2.47. The van der Waals surface area contributed by atoms with Crippen molar-refractivity contribution in [3.8, 4) is 0 Å². The smallest absolute Gasteiger partial charge is 0.224 e. The zero-order chi connectivity index (χ0) is 13.0. The molecule has 1 heterocycles. The van der Waals surface area contributed by atoms with Gasteiger partial charge in [-0.15, -0.1) is 12.4 Å². The maximum atomic E-state index is 12.1. The number of benzene rings is 1. The van der Waals surface area contributed by atoms with E-state index in [1.54, 1.807) is 0 Å². The molecule has 0 radical (unpaired) electrons. The first kappa shape index (κ1) is 16.0. The number of hydrogen-bond acceptors (Lipinski definition) is 2. The summed E-state index contributed by atoms with van der Waals surface area (Å²) in [6, 6.07) is 8.07. The molecule has 2 N–H and O–H groups in total. The summed E-state index contributed by atoms with van der Waals surface area (Å²) in [4.78, 5) is 12.1. The molecule has 0 spiro atoms. The topological polar surface area (TPSA) is 41.1 Å². The summed E-state index contributed by atoms with van der Waals surface area (Å²) < 4.78 is 0. The lowest BCUT2D eigenvalue weighted by Gasteiger charge is -2.35. The predicted octanol–water partition coefficient (Wildman–Crippen LogP) is 2.22. The van der Waals surface area contributed by atoms with Gasteiger partial charge in [-0.1, -0.05) is 24.3 Å². The van der Waals surface area contributed by atoms with Crippen molar-refractivity contribution in [2.45, 2.75) is 38.6 Å². The van der Waals surface area contributed by atoms with Crippen LogP contribution in [0, 0.1) is 6.92 Å². The highest BCUT2D eigenvalue weighted by atomic mass is 35.5. The number of nitrogens with one attached hydrogen (secondary N) is 2. The molecule has 106 valence electrons. The van der Waals surface area contributed by atoms with Crippen LogP contribution in [-0.4, -0.2) is 24.5 Å². The molecule has 0 saturated carbocycles. The van der Waals surface area contributed by atoms with Crippen LogP contribution in [0.15, 0.2) is 24.3 Å². The van der Waals surface area contributed by atoms with Gasteiger partial charge in [-0.2, -0.15) is 0 Å². The number of aryl methyl sites for hydroxylation is 1. The number of halogens is 1. The molecule has 19 heavy (non-hydrogen) atoms. The summed E-state index contributed by atoms with van der Waals surface area (Å²) in [5, 5.41) is 6.51. The van der Waals surface area contributed by atoms with Gasteiger partial charge in [-0.3, -0.25) is 4.79 Å². The molecule has 1 saturated heterocycles. The monoisotopic (exact) mass is 282 g/mol. The van der Waals surface area contributed by atoms with Crippen LogP contribution in [0.4, 0.5) is 0 Å². The first-order valence-corrected chi connectivity index (χ1v) is 6.65. The van der Waals surface area contributed by atoms with Crippen molar-refractivity contribution >= 4 is 18.3 Å². The third kappa shape index (κ3) is 4.51. The molecule has 0 aromatic heterocycles. The van der Waals surface area contributed by atoms with E-state index in [0.29, 0.717) is 6.42 Å². The Morgan fingerprint density at radius 3 is 2.58 bits per heavy atom. The van der Waals surface area contributed by atoms with Gasteiger partial charge in [0, 0.05) is 5.54 Å². The van der Waals surface area contributed by atoms with E-state index in [2.05, 4.69) is 30.5 Å². The van der Waals surface area contributed by atoms with Crippen LogP contribution in [0.3, 0.4) is 0 Å². The maximum absolute atomic E-state index is 12.1. The second-order valence-corrected chi connectivity index (χ2v) is 5.46. The van der Waals surface area contributed by atoms with E-state index in [4.69, 9.17) is 0 Å². The van der Waals surface area contributed by atoms with Gasteiger partial charge in [0.15, 0.2) is 0 Å². The molecule has 1 aromatic carbocycles. The lowest BCUT2D eigenvalue weighted by Crippen LogP contribution is -2.52. The first-order valence-electron chi connectivity index (χ1n) is 6.65. The minimum absolute atomic E-state index is 0. The third-order valence-electron chi connectivity index (χ3n) is 3.76. The molecular weight excluding hydrogens is 260 g/mol. The Balaban J connectivity index is 0.00000180. The summed E-state index contributed by atoms with van der Waals surface area (Å²) >= 11 is 0. The van der Waals surface area contributed by atoms with E-state index in [1.807, 2.05) is 18.2 Å². The van der Waals surface area contributed by atoms with Crippen molar-refractivity contribution < 1.29 is 4.79 Å². The lowest BCUT2D eigenvalue weighted by molar-refractivity contribution is -0.122. The zero-order valence-electron chi connectivity index (χ0n) is 11.7. The molecule has 1 aliphatic heterocycles. The Bertz CT molecular complexity index is 428. The molecule has 4 heteroatoms. The third-order valence-corrected chi connectivity index (χ3v) is 3.76. The first-order chi connectivity index (χ1) is 8.59. The van der Waals surface area contributed by atoms with Crippen molar-refractivity contribution in [3.05, 3.63) is 35.4 Å². The van der Waals surface area contributed by atoms with Gasteiger partial charge in [-0.05, 0) is 50.9 Å². The zero-order valence-corrected chi connectivity index (χ0v) is 12.5. The van der Waals surface area contributed by atoms with Crippen molar-refractivity contribution in [1.82, 2.24) is 10.6 Å². The normalized spacial score (nSPS) is 17.4. The molecule has 0 atom stereocenters. The van der Waals surface area contributed by atoms with Crippen LogP contribution in [0.1, 0.15) is 30.9 Å². The van der Waals surface area contributed by atoms with Crippen LogP contribution >= 0.6 is 12.4 Å². The highest BCUT2D eigenvalue weighted by Gasteiger charge is 2.28. The minimum atomic E-state index is -0.0367. The van der Waals surface area contributed by atoms with E-state index in [-0.39, 0.29) is 23.9 Å². The van der Waals surface area contributed by atoms with Gasteiger partial charge >= 0.3 is 0 Å². The van der Waals surface area contributed by atoms with Gasteiger partial charge in [0.05, 0.1) is 6.42 Å². The highest BCUT2D eigenvalue weighted by molar-refractivity contribution is 5.85. The molecule has 0 bridgehead atoms. The quantitative estimate of drug-likeness (QED) is 0.893. The van der Waals surface area contributed by atoms with Crippen molar-refractivity contribution in [1.29, 1.82) is 0 Å². The standard InChI is InChI=1S/C15H22N2O.ClH/c1-12-5-3-4-6-13(12)11-14(18)17-15(2)7-9-16-10-8-15;/h3-6,16H,7-11H2,1-2H3,(H,17,18);1H. The Labute approximate surface area is 121 Å². The number of hydrogen-bond donors (Lipinski definition) is 2. The van der Waals surface area contributed by atoms with Gasteiger partial charge in [0.25, 0.3) is 0 Å². The van der Waals surface area contributed by atoms with Crippen molar-refractivity contribution in [3.63, 3.8) is 0 Å². The average Bonchev–Trinajstić information content (AvgIpc) is 2.32. The van der Waals surface area contributed by atoms with E-state index in [0.717, 1.165) is 31.5 Å². The van der Waals surface area contributed by atoms with Crippen molar-refractivity contribution in [2.24, 2.45) is 0 Å². The number of amides is 1. The second-order valence-electron chi connectivity index (χ2n) is 5.46. The summed E-state index contributed by atoms with van der Waals surface area (Å²) in [7, 11) is 0. The summed E-state index contributed by atoms with van der Waals surface area (Å²) in [5.41, 5.74) is 2.26. The summed E-state index contributed by atoms with van der Waals surface area (Å²) in [6.45, 7) is 6.17. The van der Waals surface area contributed by atoms with Gasteiger partial charge in [0.1, 0.15) is 0 Å². The summed E-state index contributed by atoms with van der Waals surface area (Å²) in [6.07, 6.45) is 2.49. The second kappa shape index (κ2) is 6.92. The molecular formula is C15H23ClN2O. The van der Waals surface area contributed by atoms with Crippen LogP contribution in [-0.2, 0) is 11.2 Å². The van der Waals surface area contributed by atoms with E-state index < -0.39 is 0 Å². The van der Waals surface area contributed by atoms with Gasteiger partial charge in [0.2, 0.25) is 5.91 Å². The fraction of sp³-hybridized carbons (Fsp3) is 0.533. The molecule has 1 amide bonds. The Kier molecular flexibility index (Phi) is 5.83. The largest absolute Gasteiger partial charge is 0.351 e. The number of rotatable bonds is 3. The van der Waals surface area contributed by atoms with E-state index in [1.165, 1.54) is 5.56 Å². The van der Waals surface area contributed by atoms with E-state index >= 15 is 0 Å². The van der Waals surface area contributed by atoms with Crippen LogP contribution in [0.2, 0.25) is 0 Å². The van der Waals surface area contributed by atoms with Crippen LogP contribution in [0.25, 0.3) is 0 Å². The molecule has 1 fully saturated rings. The number of piperidine rings is 1. The molecule has 2 rings (SSSR count). The number of carbonyl (C=O) groups is 1. The molecule has 1 aliphatic rings.